The first-order valence-corrected chi connectivity index (χ1v) is 8.78. The number of aromatic nitrogens is 1. The van der Waals surface area contributed by atoms with Crippen molar-refractivity contribution in [2.75, 3.05) is 17.2 Å². The number of benzene rings is 1. The number of nitrogens with zero attached hydrogens (tertiary/aromatic N) is 1. The monoisotopic (exact) mass is 450 g/mol. The second-order valence-electron chi connectivity index (χ2n) is 6.65. The average Bonchev–Trinajstić information content (AvgIpc) is 3.12. The Balaban J connectivity index is 0.00000210. The van der Waals surface area contributed by atoms with E-state index in [4.69, 9.17) is 5.73 Å². The minimum absolute atomic E-state index is 0. The molecular weight excluding hydrogens is 428 g/mol. The molecular formula is C19H23Cl2F3N4O. The second-order valence-corrected chi connectivity index (χ2v) is 6.65. The smallest absolute Gasteiger partial charge is 0.340 e. The highest BCUT2D eigenvalue weighted by Gasteiger charge is 2.32. The zero-order chi connectivity index (χ0) is 19.4. The number of hydrogen-bond donors (Lipinski definition) is 3. The molecule has 2 aromatic rings. The highest BCUT2D eigenvalue weighted by Crippen LogP contribution is 2.32. The van der Waals surface area contributed by atoms with Crippen molar-refractivity contribution in [3.8, 4) is 0 Å². The van der Waals surface area contributed by atoms with Crippen molar-refractivity contribution in [1.29, 1.82) is 0 Å². The highest BCUT2D eigenvalue weighted by molar-refractivity contribution is 5.93. The summed E-state index contributed by atoms with van der Waals surface area (Å²) in [6.45, 7) is 0.515. The number of alkyl halides is 3. The van der Waals surface area contributed by atoms with Crippen LogP contribution in [0.4, 0.5) is 30.4 Å². The van der Waals surface area contributed by atoms with Gasteiger partial charge in [0, 0.05) is 23.5 Å². The first-order chi connectivity index (χ1) is 12.9. The standard InChI is InChI=1S/C19H21F3N4O.2ClH/c20-19(21,22)13-4-9-17(24-11-13)25-14-5-7-15(8-6-14)26-18(27)16-3-1-2-12(16)10-23;;/h4-9,11-12,16H,1-3,10,23H2,(H,24,25)(H,26,27);2*1H/t12-,16-;;/m1../s1. The van der Waals surface area contributed by atoms with E-state index in [2.05, 4.69) is 15.6 Å². The van der Waals surface area contributed by atoms with Gasteiger partial charge >= 0.3 is 6.18 Å². The van der Waals surface area contributed by atoms with Crippen LogP contribution in [0.25, 0.3) is 0 Å². The maximum absolute atomic E-state index is 12.6. The van der Waals surface area contributed by atoms with Gasteiger partial charge in [0.25, 0.3) is 0 Å². The Bertz CT molecular complexity index is 786. The summed E-state index contributed by atoms with van der Waals surface area (Å²) >= 11 is 0. The van der Waals surface area contributed by atoms with Crippen molar-refractivity contribution in [2.45, 2.75) is 25.4 Å². The molecule has 1 amide bonds. The minimum Gasteiger partial charge on any atom is -0.340 e. The van der Waals surface area contributed by atoms with E-state index in [1.807, 2.05) is 0 Å². The molecule has 1 aromatic carbocycles. The molecule has 0 aliphatic heterocycles. The van der Waals surface area contributed by atoms with E-state index in [0.717, 1.165) is 31.5 Å². The van der Waals surface area contributed by atoms with E-state index in [1.54, 1.807) is 24.3 Å². The van der Waals surface area contributed by atoms with Crippen molar-refractivity contribution >= 4 is 47.9 Å². The van der Waals surface area contributed by atoms with Gasteiger partial charge in [-0.25, -0.2) is 4.98 Å². The van der Waals surface area contributed by atoms with E-state index in [9.17, 15) is 18.0 Å². The molecule has 0 radical (unpaired) electrons. The van der Waals surface area contributed by atoms with E-state index in [0.29, 0.717) is 23.7 Å². The highest BCUT2D eigenvalue weighted by atomic mass is 35.5. The molecule has 0 saturated heterocycles. The summed E-state index contributed by atoms with van der Waals surface area (Å²) in [5, 5.41) is 5.83. The number of nitrogens with two attached hydrogens (primary N) is 1. The zero-order valence-corrected chi connectivity index (χ0v) is 17.0. The van der Waals surface area contributed by atoms with Crippen LogP contribution < -0.4 is 16.4 Å². The van der Waals surface area contributed by atoms with E-state index >= 15 is 0 Å². The number of anilines is 3. The van der Waals surface area contributed by atoms with Crippen LogP contribution >= 0.6 is 24.8 Å². The summed E-state index contributed by atoms with van der Waals surface area (Å²) in [6, 6.07) is 9.16. The van der Waals surface area contributed by atoms with Crippen LogP contribution in [0.5, 0.6) is 0 Å². The first-order valence-electron chi connectivity index (χ1n) is 8.78. The molecule has 4 N–H and O–H groups in total. The maximum atomic E-state index is 12.6. The molecule has 3 rings (SSSR count). The molecule has 2 atom stereocenters. The fourth-order valence-corrected chi connectivity index (χ4v) is 3.32. The Hall–Kier alpha value is -2.03. The van der Waals surface area contributed by atoms with E-state index in [1.165, 1.54) is 6.07 Å². The number of rotatable bonds is 5. The third-order valence-corrected chi connectivity index (χ3v) is 4.81. The summed E-state index contributed by atoms with van der Waals surface area (Å²) in [5.74, 6) is 0.463. The molecule has 1 aromatic heterocycles. The zero-order valence-electron chi connectivity index (χ0n) is 15.4. The minimum atomic E-state index is -4.41. The lowest BCUT2D eigenvalue weighted by molar-refractivity contribution is -0.137. The van der Waals surface area contributed by atoms with E-state index in [-0.39, 0.29) is 42.6 Å². The SMILES string of the molecule is Cl.Cl.NC[C@H]1CCC[C@H]1C(=O)Nc1ccc(Nc2ccc(C(F)(F)F)cn2)cc1. The fraction of sp³-hybridized carbons (Fsp3) is 0.368. The molecule has 29 heavy (non-hydrogen) atoms. The topological polar surface area (TPSA) is 80.0 Å². The van der Waals surface area contributed by atoms with Crippen LogP contribution in [0.1, 0.15) is 24.8 Å². The number of hydrogen-bond acceptors (Lipinski definition) is 4. The van der Waals surface area contributed by atoms with Gasteiger partial charge < -0.3 is 16.4 Å². The van der Waals surface area contributed by atoms with Gasteiger partial charge in [0.15, 0.2) is 0 Å². The normalized spacial score (nSPS) is 18.3. The molecule has 10 heteroatoms. The summed E-state index contributed by atoms with van der Waals surface area (Å²) in [6.07, 6.45) is -0.770. The molecule has 1 aliphatic carbocycles. The van der Waals surface area contributed by atoms with Crippen LogP contribution in [0.15, 0.2) is 42.6 Å². The predicted molar refractivity (Wildman–Crippen MR) is 112 cm³/mol. The number of pyridine rings is 1. The quantitative estimate of drug-likeness (QED) is 0.598. The molecule has 1 saturated carbocycles. The maximum Gasteiger partial charge on any atom is 0.417 e. The summed E-state index contributed by atoms with van der Waals surface area (Å²) in [4.78, 5) is 16.2. The van der Waals surface area contributed by atoms with Crippen LogP contribution in [0.2, 0.25) is 0 Å². The van der Waals surface area contributed by atoms with Gasteiger partial charge in [-0.3, -0.25) is 4.79 Å². The number of amides is 1. The summed E-state index contributed by atoms with van der Waals surface area (Å²) in [5.41, 5.74) is 6.24. The lowest BCUT2D eigenvalue weighted by atomic mass is 9.95. The Kier molecular flexibility index (Phi) is 9.19. The predicted octanol–water partition coefficient (Wildman–Crippen LogP) is 5.00. The Labute approximate surface area is 179 Å². The number of halogens is 5. The van der Waals surface area contributed by atoms with Gasteiger partial charge in [-0.2, -0.15) is 13.2 Å². The van der Waals surface area contributed by atoms with Crippen LogP contribution in [0.3, 0.4) is 0 Å². The molecule has 0 unspecified atom stereocenters. The van der Waals surface area contributed by atoms with Crippen LogP contribution in [0, 0.1) is 11.8 Å². The lowest BCUT2D eigenvalue weighted by Crippen LogP contribution is -2.29. The van der Waals surface area contributed by atoms with Gasteiger partial charge in [0.05, 0.1) is 5.56 Å². The van der Waals surface area contributed by atoms with Crippen LogP contribution in [-0.4, -0.2) is 17.4 Å². The van der Waals surface area contributed by atoms with Crippen molar-refractivity contribution in [3.63, 3.8) is 0 Å². The number of nitrogens with one attached hydrogen (secondary N) is 2. The Morgan fingerprint density at radius 1 is 1.07 bits per heavy atom. The largest absolute Gasteiger partial charge is 0.417 e. The second kappa shape index (κ2) is 10.7. The third-order valence-electron chi connectivity index (χ3n) is 4.81. The van der Waals surface area contributed by atoms with Gasteiger partial charge in [-0.15, -0.1) is 24.8 Å². The van der Waals surface area contributed by atoms with Gasteiger partial charge in [0.2, 0.25) is 5.91 Å². The number of carbonyl (C=O) groups excluding carboxylic acids is 1. The molecule has 1 fully saturated rings. The van der Waals surface area contributed by atoms with Gasteiger partial charge in [-0.05, 0) is 61.7 Å². The van der Waals surface area contributed by atoms with Gasteiger partial charge in [-0.1, -0.05) is 6.42 Å². The third kappa shape index (κ3) is 6.48. The van der Waals surface area contributed by atoms with Crippen molar-refractivity contribution < 1.29 is 18.0 Å². The molecule has 0 spiro atoms. The molecule has 0 bridgehead atoms. The van der Waals surface area contributed by atoms with Gasteiger partial charge in [0.1, 0.15) is 5.82 Å². The molecule has 1 aliphatic rings. The molecule has 1 heterocycles. The summed E-state index contributed by atoms with van der Waals surface area (Å²) < 4.78 is 37.7. The van der Waals surface area contributed by atoms with Crippen LogP contribution in [-0.2, 0) is 11.0 Å². The van der Waals surface area contributed by atoms with Crippen molar-refractivity contribution in [2.24, 2.45) is 17.6 Å². The number of carbonyl (C=O) groups is 1. The first kappa shape index (κ1) is 25.0. The molecule has 160 valence electrons. The summed E-state index contributed by atoms with van der Waals surface area (Å²) in [7, 11) is 0. The Morgan fingerprint density at radius 2 is 1.72 bits per heavy atom. The Morgan fingerprint density at radius 3 is 2.28 bits per heavy atom. The van der Waals surface area contributed by atoms with Crippen molar-refractivity contribution in [1.82, 2.24) is 4.98 Å². The lowest BCUT2D eigenvalue weighted by Gasteiger charge is -2.17. The average molecular weight is 451 g/mol. The van der Waals surface area contributed by atoms with Crippen molar-refractivity contribution in [3.05, 3.63) is 48.2 Å². The fourth-order valence-electron chi connectivity index (χ4n) is 3.32. The molecule has 5 nitrogen and oxygen atoms in total. The van der Waals surface area contributed by atoms with E-state index < -0.39 is 11.7 Å².